The van der Waals surface area contributed by atoms with E-state index >= 15 is 0 Å². The highest BCUT2D eigenvalue weighted by Crippen LogP contribution is 2.33. The molecule has 0 unspecified atom stereocenters. The molecule has 1 saturated carbocycles. The third-order valence-corrected chi connectivity index (χ3v) is 7.20. The number of carbonyl (C=O) groups is 1. The van der Waals surface area contributed by atoms with E-state index < -0.39 is 0 Å². The SMILES string of the molecule is COc1ccc(C)cc1NC(=O)N(CC1CC1)C1CCN(CCc2cccs2)CC1. The first-order valence-electron chi connectivity index (χ1n) is 11.1. The minimum Gasteiger partial charge on any atom is -0.495 e. The predicted molar refractivity (Wildman–Crippen MR) is 124 cm³/mol. The lowest BCUT2D eigenvalue weighted by molar-refractivity contribution is 0.125. The summed E-state index contributed by atoms with van der Waals surface area (Å²) in [6.45, 7) is 6.15. The molecule has 0 bridgehead atoms. The highest BCUT2D eigenvalue weighted by molar-refractivity contribution is 7.09. The summed E-state index contributed by atoms with van der Waals surface area (Å²) < 4.78 is 5.45. The molecule has 2 fully saturated rings. The van der Waals surface area contributed by atoms with Crippen molar-refractivity contribution in [2.45, 2.75) is 45.1 Å². The minimum atomic E-state index is 0.0165. The molecule has 1 N–H and O–H groups in total. The highest BCUT2D eigenvalue weighted by Gasteiger charge is 2.33. The van der Waals surface area contributed by atoms with Crippen molar-refractivity contribution in [1.82, 2.24) is 9.80 Å². The van der Waals surface area contributed by atoms with Gasteiger partial charge >= 0.3 is 6.03 Å². The largest absolute Gasteiger partial charge is 0.495 e. The summed E-state index contributed by atoms with van der Waals surface area (Å²) in [5.41, 5.74) is 1.87. The van der Waals surface area contributed by atoms with Crippen molar-refractivity contribution < 1.29 is 9.53 Å². The van der Waals surface area contributed by atoms with E-state index in [0.717, 1.165) is 56.7 Å². The number of nitrogens with one attached hydrogen (secondary N) is 1. The van der Waals surface area contributed by atoms with Crippen molar-refractivity contribution in [3.63, 3.8) is 0 Å². The van der Waals surface area contributed by atoms with Crippen molar-refractivity contribution in [3.8, 4) is 5.75 Å². The zero-order valence-corrected chi connectivity index (χ0v) is 18.9. The summed E-state index contributed by atoms with van der Waals surface area (Å²) in [5, 5.41) is 5.29. The van der Waals surface area contributed by atoms with E-state index in [-0.39, 0.29) is 6.03 Å². The molecule has 1 aliphatic heterocycles. The zero-order valence-electron chi connectivity index (χ0n) is 18.1. The Morgan fingerprint density at radius 2 is 2.03 bits per heavy atom. The number of methoxy groups -OCH3 is 1. The molecule has 2 heterocycles. The van der Waals surface area contributed by atoms with Gasteiger partial charge < -0.3 is 19.9 Å². The zero-order chi connectivity index (χ0) is 20.9. The first kappa shape index (κ1) is 21.2. The van der Waals surface area contributed by atoms with E-state index in [1.807, 2.05) is 36.5 Å². The maximum Gasteiger partial charge on any atom is 0.322 e. The van der Waals surface area contributed by atoms with Gasteiger partial charge in [-0.05, 0) is 74.1 Å². The van der Waals surface area contributed by atoms with Gasteiger partial charge in [0.2, 0.25) is 0 Å². The number of likely N-dealkylation sites (tertiary alicyclic amines) is 1. The lowest BCUT2D eigenvalue weighted by Gasteiger charge is -2.38. The minimum absolute atomic E-state index is 0.0165. The molecule has 1 saturated heterocycles. The van der Waals surface area contributed by atoms with Crippen molar-refractivity contribution in [3.05, 3.63) is 46.2 Å². The summed E-state index contributed by atoms with van der Waals surface area (Å²) >= 11 is 1.84. The van der Waals surface area contributed by atoms with E-state index in [9.17, 15) is 4.79 Å². The Kier molecular flexibility index (Phi) is 6.95. The Morgan fingerprint density at radius 3 is 2.70 bits per heavy atom. The average molecular weight is 428 g/mol. The summed E-state index contributed by atoms with van der Waals surface area (Å²) in [5.74, 6) is 1.38. The molecule has 2 aromatic rings. The molecule has 30 heavy (non-hydrogen) atoms. The molecule has 2 aliphatic rings. The Morgan fingerprint density at radius 1 is 1.23 bits per heavy atom. The number of amides is 2. The molecule has 1 aliphatic carbocycles. The summed E-state index contributed by atoms with van der Waals surface area (Å²) in [6, 6.07) is 10.6. The van der Waals surface area contributed by atoms with Gasteiger partial charge in [0.1, 0.15) is 5.75 Å². The molecule has 1 aromatic heterocycles. The van der Waals surface area contributed by atoms with E-state index in [4.69, 9.17) is 4.74 Å². The van der Waals surface area contributed by atoms with Crippen LogP contribution >= 0.6 is 11.3 Å². The van der Waals surface area contributed by atoms with Gasteiger partial charge in [0, 0.05) is 37.1 Å². The molecule has 0 atom stereocenters. The number of nitrogens with zero attached hydrogens (tertiary/aromatic N) is 2. The number of hydrogen-bond donors (Lipinski definition) is 1. The smallest absolute Gasteiger partial charge is 0.322 e. The quantitative estimate of drug-likeness (QED) is 0.644. The van der Waals surface area contributed by atoms with Crippen LogP contribution in [0.3, 0.4) is 0 Å². The van der Waals surface area contributed by atoms with E-state index in [1.54, 1.807) is 7.11 Å². The lowest BCUT2D eigenvalue weighted by atomic mass is 10.0. The maximum atomic E-state index is 13.3. The molecule has 0 spiro atoms. The van der Waals surface area contributed by atoms with Crippen LogP contribution in [-0.4, -0.2) is 55.2 Å². The van der Waals surface area contributed by atoms with Gasteiger partial charge in [0.15, 0.2) is 0 Å². The summed E-state index contributed by atoms with van der Waals surface area (Å²) in [4.78, 5) is 19.4. The van der Waals surface area contributed by atoms with Crippen LogP contribution in [0.1, 0.15) is 36.1 Å². The van der Waals surface area contributed by atoms with Gasteiger partial charge in [-0.1, -0.05) is 12.1 Å². The summed E-state index contributed by atoms with van der Waals surface area (Å²) in [7, 11) is 1.65. The Bertz CT molecular complexity index is 827. The number of piperidine rings is 1. The fourth-order valence-corrected chi connectivity index (χ4v) is 4.96. The molecule has 162 valence electrons. The number of ether oxygens (including phenoxy) is 1. The van der Waals surface area contributed by atoms with Gasteiger partial charge in [-0.3, -0.25) is 0 Å². The number of benzene rings is 1. The van der Waals surface area contributed by atoms with E-state index in [2.05, 4.69) is 32.6 Å². The van der Waals surface area contributed by atoms with E-state index in [1.165, 1.54) is 17.7 Å². The Labute approximate surface area is 184 Å². The average Bonchev–Trinajstić information content (AvgIpc) is 3.42. The molecule has 0 radical (unpaired) electrons. The van der Waals surface area contributed by atoms with Gasteiger partial charge in [-0.25, -0.2) is 4.79 Å². The highest BCUT2D eigenvalue weighted by atomic mass is 32.1. The molecule has 5 nitrogen and oxygen atoms in total. The molecular weight excluding hydrogens is 394 g/mol. The Hall–Kier alpha value is -2.05. The first-order chi connectivity index (χ1) is 14.6. The van der Waals surface area contributed by atoms with Crippen LogP contribution in [0.4, 0.5) is 10.5 Å². The van der Waals surface area contributed by atoms with Crippen molar-refractivity contribution in [1.29, 1.82) is 0 Å². The van der Waals surface area contributed by atoms with Crippen LogP contribution in [0.2, 0.25) is 0 Å². The third kappa shape index (κ3) is 5.55. The number of carbonyl (C=O) groups excluding carboxylic acids is 1. The van der Waals surface area contributed by atoms with Crippen LogP contribution in [0.5, 0.6) is 5.75 Å². The van der Waals surface area contributed by atoms with Crippen LogP contribution in [0, 0.1) is 12.8 Å². The van der Waals surface area contributed by atoms with E-state index in [0.29, 0.717) is 17.7 Å². The number of thiophene rings is 1. The maximum absolute atomic E-state index is 13.3. The predicted octanol–water partition coefficient (Wildman–Crippen LogP) is 5.02. The van der Waals surface area contributed by atoms with Gasteiger partial charge in [-0.15, -0.1) is 11.3 Å². The fraction of sp³-hybridized carbons (Fsp3) is 0.542. The van der Waals surface area contributed by atoms with Crippen LogP contribution in [0.15, 0.2) is 35.7 Å². The molecule has 4 rings (SSSR count). The Balaban J connectivity index is 1.35. The molecular formula is C24H33N3O2S. The van der Waals surface area contributed by atoms with Gasteiger partial charge in [-0.2, -0.15) is 0 Å². The number of aryl methyl sites for hydroxylation is 1. The van der Waals surface area contributed by atoms with Crippen LogP contribution in [-0.2, 0) is 6.42 Å². The second-order valence-electron chi connectivity index (χ2n) is 8.63. The van der Waals surface area contributed by atoms with Gasteiger partial charge in [0.25, 0.3) is 0 Å². The molecule has 6 heteroatoms. The fourth-order valence-electron chi connectivity index (χ4n) is 4.26. The number of anilines is 1. The lowest BCUT2D eigenvalue weighted by Crippen LogP contribution is -2.49. The van der Waals surface area contributed by atoms with Crippen LogP contribution in [0.25, 0.3) is 0 Å². The monoisotopic (exact) mass is 427 g/mol. The normalized spacial score (nSPS) is 17.7. The van der Waals surface area contributed by atoms with Crippen LogP contribution < -0.4 is 10.1 Å². The van der Waals surface area contributed by atoms with Gasteiger partial charge in [0.05, 0.1) is 12.8 Å². The third-order valence-electron chi connectivity index (χ3n) is 6.26. The topological polar surface area (TPSA) is 44.8 Å². The number of urea groups is 1. The second kappa shape index (κ2) is 9.84. The number of hydrogen-bond acceptors (Lipinski definition) is 4. The van der Waals surface area contributed by atoms with Crippen molar-refractivity contribution in [2.24, 2.45) is 5.92 Å². The first-order valence-corrected chi connectivity index (χ1v) is 12.0. The standard InChI is InChI=1S/C24H33N3O2S/c1-18-5-8-23(29-2)22(16-18)25-24(28)27(17-19-6-7-19)20-9-12-26(13-10-20)14-11-21-4-3-15-30-21/h3-5,8,15-16,19-20H,6-7,9-14,17H2,1-2H3,(H,25,28). The molecule has 1 aromatic carbocycles. The summed E-state index contributed by atoms with van der Waals surface area (Å²) in [6.07, 6.45) is 5.72. The van der Waals surface area contributed by atoms with Crippen molar-refractivity contribution in [2.75, 3.05) is 38.6 Å². The second-order valence-corrected chi connectivity index (χ2v) is 9.66. The molecule has 2 amide bonds. The van der Waals surface area contributed by atoms with Crippen molar-refractivity contribution >= 4 is 23.1 Å². The number of rotatable bonds is 8.